The fourth-order valence-electron chi connectivity index (χ4n) is 9.02. The number of nitrogens with one attached hydrogen (secondary N) is 5. The molecule has 0 aliphatic carbocycles. The standard InChI is InChI=1S/C54H54N8O6S3/c1-60(29-37-16-21-47-45(25-37)59-54(68)49(27-41-7-6-23-71-41)62(47)31-36-14-19-40(20-15-36)57-51(64)33-70-34-52(65)66)22-24-69-32-50(63)56-39-17-12-35(13-18-39)30-61-46-11-5-4-10-44(46)58-53(67)48(61)26-38-28-55-43-9-3-2-8-42(38)43/h2-21,23,25,28,48-49,55H,22,24,26-27,29-34H2,1H3,(H,56,63)(H,57,64)(H,58,67)(H,59,68)(H,65,66)/t48-,49+/m1/s1. The molecule has 0 unspecified atom stereocenters. The number of carboxylic acids is 1. The average molecular weight is 1010 g/mol. The highest BCUT2D eigenvalue weighted by molar-refractivity contribution is 8.00. The maximum absolute atomic E-state index is 13.8. The van der Waals surface area contributed by atoms with E-state index in [1.54, 1.807) is 23.1 Å². The monoisotopic (exact) mass is 1010 g/mol. The molecule has 0 fully saturated rings. The summed E-state index contributed by atoms with van der Waals surface area (Å²) in [5.41, 5.74) is 9.92. The van der Waals surface area contributed by atoms with Crippen molar-refractivity contribution in [2.45, 2.75) is 44.6 Å². The number of thiophene rings is 1. The van der Waals surface area contributed by atoms with Crippen molar-refractivity contribution in [1.29, 1.82) is 0 Å². The minimum absolute atomic E-state index is 0.0433. The predicted molar refractivity (Wildman–Crippen MR) is 289 cm³/mol. The van der Waals surface area contributed by atoms with Gasteiger partial charge < -0.3 is 46.1 Å². The molecule has 14 nitrogen and oxygen atoms in total. The number of aromatic nitrogens is 1. The van der Waals surface area contributed by atoms with Crippen LogP contribution in [0, 0.1) is 0 Å². The Kier molecular flexibility index (Phi) is 15.7. The quantitative estimate of drug-likeness (QED) is 0.0379. The Bertz CT molecular complexity index is 3020. The van der Waals surface area contributed by atoms with E-state index in [4.69, 9.17) is 5.11 Å². The van der Waals surface area contributed by atoms with Crippen LogP contribution in [-0.4, -0.2) is 93.3 Å². The van der Waals surface area contributed by atoms with Gasteiger partial charge in [0.1, 0.15) is 12.1 Å². The molecule has 0 bridgehead atoms. The fraction of sp³-hybridized carbons (Fsp3) is 0.241. The number of carboxylic acid groups (broad SMARTS) is 1. The molecule has 71 heavy (non-hydrogen) atoms. The number of rotatable bonds is 21. The van der Waals surface area contributed by atoms with Crippen molar-refractivity contribution >= 4 is 109 Å². The summed E-state index contributed by atoms with van der Waals surface area (Å²) in [5.74, 6) is -0.466. The first-order chi connectivity index (χ1) is 34.5. The van der Waals surface area contributed by atoms with Gasteiger partial charge in [0.05, 0.1) is 40.0 Å². The molecule has 0 saturated carbocycles. The van der Waals surface area contributed by atoms with Crippen LogP contribution in [0.15, 0.2) is 139 Å². The normalized spacial score (nSPS) is 15.2. The number of para-hydroxylation sites is 3. The largest absolute Gasteiger partial charge is 0.481 e. The topological polar surface area (TPSA) is 179 Å². The van der Waals surface area contributed by atoms with Gasteiger partial charge in [-0.05, 0) is 95.3 Å². The third-order valence-corrected chi connectivity index (χ3v) is 15.2. The number of aromatic amines is 1. The van der Waals surface area contributed by atoms with Crippen LogP contribution >= 0.6 is 34.9 Å². The van der Waals surface area contributed by atoms with Crippen LogP contribution in [-0.2, 0) is 56.4 Å². The van der Waals surface area contributed by atoms with E-state index in [2.05, 4.69) is 59.1 Å². The van der Waals surface area contributed by atoms with Crippen molar-refractivity contribution < 1.29 is 29.1 Å². The molecule has 4 amide bonds. The van der Waals surface area contributed by atoms with Gasteiger partial charge in [0, 0.05) is 78.1 Å². The molecule has 364 valence electrons. The van der Waals surface area contributed by atoms with E-state index in [1.807, 2.05) is 128 Å². The first-order valence-electron chi connectivity index (χ1n) is 23.3. The van der Waals surface area contributed by atoms with Gasteiger partial charge in [-0.15, -0.1) is 23.1 Å². The summed E-state index contributed by atoms with van der Waals surface area (Å²) in [6.07, 6.45) is 3.10. The van der Waals surface area contributed by atoms with Gasteiger partial charge >= 0.3 is 5.97 Å². The number of aliphatic carboxylic acids is 1. The van der Waals surface area contributed by atoms with Crippen molar-refractivity contribution in [3.63, 3.8) is 0 Å². The van der Waals surface area contributed by atoms with E-state index < -0.39 is 18.1 Å². The Hall–Kier alpha value is -7.05. The molecule has 5 aromatic carbocycles. The maximum atomic E-state index is 13.8. The zero-order chi connectivity index (χ0) is 49.3. The number of nitrogens with zero attached hydrogens (tertiary/aromatic N) is 3. The van der Waals surface area contributed by atoms with Gasteiger partial charge in [-0.3, -0.25) is 24.0 Å². The molecular weight excluding hydrogens is 953 g/mol. The van der Waals surface area contributed by atoms with Crippen molar-refractivity contribution in [2.75, 3.05) is 67.7 Å². The first-order valence-corrected chi connectivity index (χ1v) is 26.5. The van der Waals surface area contributed by atoms with Crippen LogP contribution in [0.1, 0.15) is 27.1 Å². The Labute approximate surface area is 424 Å². The van der Waals surface area contributed by atoms with Gasteiger partial charge in [0.25, 0.3) is 0 Å². The third-order valence-electron chi connectivity index (χ3n) is 12.5. The van der Waals surface area contributed by atoms with Gasteiger partial charge in [0.15, 0.2) is 0 Å². The highest BCUT2D eigenvalue weighted by Gasteiger charge is 2.35. The van der Waals surface area contributed by atoms with Crippen LogP contribution in [0.3, 0.4) is 0 Å². The zero-order valence-corrected chi connectivity index (χ0v) is 41.5. The Morgan fingerprint density at radius 3 is 1.96 bits per heavy atom. The third kappa shape index (κ3) is 12.5. The molecule has 6 N–H and O–H groups in total. The summed E-state index contributed by atoms with van der Waals surface area (Å²) < 4.78 is 0. The second-order valence-corrected chi connectivity index (χ2v) is 20.8. The summed E-state index contributed by atoms with van der Waals surface area (Å²) in [4.78, 5) is 74.6. The van der Waals surface area contributed by atoms with Crippen LogP contribution < -0.4 is 31.1 Å². The van der Waals surface area contributed by atoms with Crippen LogP contribution in [0.2, 0.25) is 0 Å². The number of carbonyl (C=O) groups excluding carboxylic acids is 4. The highest BCUT2D eigenvalue weighted by atomic mass is 32.2. The van der Waals surface area contributed by atoms with Gasteiger partial charge in [-0.2, -0.15) is 11.8 Å². The Balaban J connectivity index is 0.762. The summed E-state index contributed by atoms with van der Waals surface area (Å²) in [5, 5.41) is 24.1. The minimum atomic E-state index is -0.963. The van der Waals surface area contributed by atoms with E-state index >= 15 is 0 Å². The van der Waals surface area contributed by atoms with E-state index in [0.29, 0.717) is 49.6 Å². The number of benzene rings is 5. The number of H-pyrrole nitrogens is 1. The molecule has 2 atom stereocenters. The molecule has 2 aliphatic rings. The van der Waals surface area contributed by atoms with Gasteiger partial charge in [-0.1, -0.05) is 66.7 Å². The summed E-state index contributed by atoms with van der Waals surface area (Å²) in [6, 6.07) is 40.7. The van der Waals surface area contributed by atoms with Crippen molar-refractivity contribution in [3.05, 3.63) is 166 Å². The van der Waals surface area contributed by atoms with Crippen LogP contribution in [0.5, 0.6) is 0 Å². The molecule has 2 aromatic heterocycles. The summed E-state index contributed by atoms with van der Waals surface area (Å²) in [7, 11) is 2.05. The lowest BCUT2D eigenvalue weighted by atomic mass is 9.98. The Morgan fingerprint density at radius 1 is 0.676 bits per heavy atom. The molecule has 7 aromatic rings. The van der Waals surface area contributed by atoms with E-state index in [1.165, 1.54) is 0 Å². The second-order valence-electron chi connectivity index (χ2n) is 17.6. The fourth-order valence-corrected chi connectivity index (χ4v) is 11.1. The van der Waals surface area contributed by atoms with Crippen LogP contribution in [0.25, 0.3) is 10.9 Å². The van der Waals surface area contributed by atoms with Crippen molar-refractivity contribution in [3.8, 4) is 0 Å². The predicted octanol–water partition coefficient (Wildman–Crippen LogP) is 8.93. The molecular formula is C54H54N8O6S3. The lowest BCUT2D eigenvalue weighted by Crippen LogP contribution is -2.49. The van der Waals surface area contributed by atoms with Crippen LogP contribution in [0.4, 0.5) is 34.1 Å². The molecule has 4 heterocycles. The van der Waals surface area contributed by atoms with E-state index in [0.717, 1.165) is 84.8 Å². The SMILES string of the molecule is CN(CCSCC(=O)Nc1ccc(CN2c3ccccc3NC(=O)[C@H]2Cc2c[nH]c3ccccc23)cc1)Cc1ccc2c(c1)NC(=O)[C@H](Cc1cccs1)N2Cc1ccc(NC(=O)CSCC(=O)O)cc1. The number of hydrogen-bond acceptors (Lipinski definition) is 11. The molecule has 0 radical (unpaired) electrons. The van der Waals surface area contributed by atoms with Gasteiger partial charge in [0.2, 0.25) is 23.6 Å². The summed E-state index contributed by atoms with van der Waals surface area (Å²) in [6.45, 7) is 2.39. The number of thioether (sulfide) groups is 2. The van der Waals surface area contributed by atoms with E-state index in [9.17, 15) is 24.0 Å². The minimum Gasteiger partial charge on any atom is -0.481 e. The number of fused-ring (bicyclic) bond motifs is 3. The van der Waals surface area contributed by atoms with Crippen molar-refractivity contribution in [1.82, 2.24) is 9.88 Å². The first kappa shape index (κ1) is 49.0. The number of carbonyl (C=O) groups is 5. The molecule has 0 saturated heterocycles. The Morgan fingerprint density at radius 2 is 1.28 bits per heavy atom. The number of hydrogen-bond donors (Lipinski definition) is 6. The highest BCUT2D eigenvalue weighted by Crippen LogP contribution is 2.37. The average Bonchev–Trinajstić information content (AvgIpc) is 4.04. The van der Waals surface area contributed by atoms with E-state index in [-0.39, 0.29) is 35.1 Å². The summed E-state index contributed by atoms with van der Waals surface area (Å²) >= 11 is 4.24. The van der Waals surface area contributed by atoms with Crippen molar-refractivity contribution in [2.24, 2.45) is 0 Å². The lowest BCUT2D eigenvalue weighted by Gasteiger charge is -2.38. The number of anilines is 6. The smallest absolute Gasteiger partial charge is 0.313 e. The zero-order valence-electron chi connectivity index (χ0n) is 39.1. The molecule has 0 spiro atoms. The van der Waals surface area contributed by atoms with Gasteiger partial charge in [-0.25, -0.2) is 0 Å². The molecule has 17 heteroatoms. The molecule has 9 rings (SSSR count). The molecule has 2 aliphatic heterocycles. The lowest BCUT2D eigenvalue weighted by molar-refractivity contribution is -0.134. The number of amides is 4. The maximum Gasteiger partial charge on any atom is 0.313 e. The second kappa shape index (κ2) is 22.8.